The number of hydrogen-bond donors (Lipinski definition) is 1. The summed E-state index contributed by atoms with van der Waals surface area (Å²) in [7, 11) is 0. The van der Waals surface area contributed by atoms with E-state index < -0.39 is 0 Å². The smallest absolute Gasteiger partial charge is 0.0639 e. The van der Waals surface area contributed by atoms with Gasteiger partial charge in [-0.1, -0.05) is 42.5 Å². The van der Waals surface area contributed by atoms with Crippen molar-refractivity contribution in [2.75, 3.05) is 6.61 Å². The first kappa shape index (κ1) is 10.0. The molecule has 0 atom stereocenters. The van der Waals surface area contributed by atoms with E-state index in [4.69, 9.17) is 5.11 Å². The molecule has 0 bridgehead atoms. The Morgan fingerprint density at radius 3 is 2.54 bits per heavy atom. The highest BCUT2D eigenvalue weighted by molar-refractivity contribution is 5.14. The van der Waals surface area contributed by atoms with Crippen molar-refractivity contribution in [1.82, 2.24) is 0 Å². The minimum absolute atomic E-state index is 0.120. The average Bonchev–Trinajstić information content (AvgIpc) is 2.19. The zero-order valence-corrected chi connectivity index (χ0v) is 7.87. The van der Waals surface area contributed by atoms with Crippen LogP contribution in [0.1, 0.15) is 18.4 Å². The van der Waals surface area contributed by atoms with Crippen LogP contribution in [0.4, 0.5) is 0 Å². The molecule has 1 rings (SSSR count). The van der Waals surface area contributed by atoms with Gasteiger partial charge >= 0.3 is 0 Å². The van der Waals surface area contributed by atoms with Crippen LogP contribution in [0.2, 0.25) is 0 Å². The van der Waals surface area contributed by atoms with E-state index >= 15 is 0 Å². The maximum absolute atomic E-state index is 8.73. The lowest BCUT2D eigenvalue weighted by atomic mass is 10.1. The van der Waals surface area contributed by atoms with Crippen molar-refractivity contribution in [2.24, 2.45) is 0 Å². The average molecular weight is 176 g/mol. The van der Waals surface area contributed by atoms with Gasteiger partial charge in [-0.05, 0) is 24.8 Å². The molecular weight excluding hydrogens is 160 g/mol. The molecule has 1 aromatic rings. The second-order valence-electron chi connectivity index (χ2n) is 3.25. The third kappa shape index (κ3) is 3.90. The van der Waals surface area contributed by atoms with Crippen LogP contribution < -0.4 is 0 Å². The minimum atomic E-state index is 0.120. The zero-order chi connectivity index (χ0) is 9.52. The van der Waals surface area contributed by atoms with Crippen molar-refractivity contribution in [3.05, 3.63) is 48.0 Å². The Labute approximate surface area is 79.7 Å². The molecule has 1 heteroatoms. The second kappa shape index (κ2) is 5.55. The molecule has 0 radical (unpaired) electrons. The third-order valence-corrected chi connectivity index (χ3v) is 2.06. The lowest BCUT2D eigenvalue weighted by molar-refractivity contribution is 0.326. The van der Waals surface area contributed by atoms with E-state index in [0.717, 1.165) is 24.8 Å². The Hall–Kier alpha value is -1.08. The molecule has 70 valence electrons. The van der Waals surface area contributed by atoms with Crippen molar-refractivity contribution in [2.45, 2.75) is 19.3 Å². The summed E-state index contributed by atoms with van der Waals surface area (Å²) >= 11 is 0. The number of hydrogen-bond acceptors (Lipinski definition) is 1. The van der Waals surface area contributed by atoms with Crippen molar-refractivity contribution < 1.29 is 5.11 Å². The predicted molar refractivity (Wildman–Crippen MR) is 55.6 cm³/mol. The molecule has 0 saturated carbocycles. The molecule has 0 fully saturated rings. The minimum Gasteiger partial charge on any atom is -0.392 e. The van der Waals surface area contributed by atoms with E-state index in [1.807, 2.05) is 6.07 Å². The summed E-state index contributed by atoms with van der Waals surface area (Å²) in [4.78, 5) is 0. The van der Waals surface area contributed by atoms with Crippen molar-refractivity contribution in [1.29, 1.82) is 0 Å². The van der Waals surface area contributed by atoms with E-state index in [2.05, 4.69) is 30.8 Å². The Balaban J connectivity index is 2.24. The summed E-state index contributed by atoms with van der Waals surface area (Å²) < 4.78 is 0. The van der Waals surface area contributed by atoms with E-state index in [1.165, 1.54) is 5.56 Å². The number of aliphatic hydroxyl groups excluding tert-OH is 1. The summed E-state index contributed by atoms with van der Waals surface area (Å²) in [6.45, 7) is 3.87. The normalized spacial score (nSPS) is 9.92. The Morgan fingerprint density at radius 2 is 1.92 bits per heavy atom. The van der Waals surface area contributed by atoms with Gasteiger partial charge in [-0.3, -0.25) is 0 Å². The molecule has 0 unspecified atom stereocenters. The number of aryl methyl sites for hydroxylation is 1. The molecule has 1 N–H and O–H groups in total. The van der Waals surface area contributed by atoms with E-state index in [0.29, 0.717) is 0 Å². The SMILES string of the molecule is C=C(CO)CCCc1ccccc1. The molecule has 0 saturated heterocycles. The van der Waals surface area contributed by atoms with Crippen LogP contribution in [0.15, 0.2) is 42.5 Å². The van der Waals surface area contributed by atoms with Gasteiger partial charge in [0.2, 0.25) is 0 Å². The predicted octanol–water partition coefficient (Wildman–Crippen LogP) is 2.56. The van der Waals surface area contributed by atoms with Gasteiger partial charge in [0.25, 0.3) is 0 Å². The molecule has 0 aliphatic carbocycles. The van der Waals surface area contributed by atoms with Gasteiger partial charge in [0, 0.05) is 0 Å². The molecule has 13 heavy (non-hydrogen) atoms. The zero-order valence-electron chi connectivity index (χ0n) is 7.87. The van der Waals surface area contributed by atoms with Crippen LogP contribution in [-0.2, 0) is 6.42 Å². The van der Waals surface area contributed by atoms with Crippen LogP contribution in [-0.4, -0.2) is 11.7 Å². The van der Waals surface area contributed by atoms with Crippen molar-refractivity contribution >= 4 is 0 Å². The highest BCUT2D eigenvalue weighted by Gasteiger charge is 1.94. The van der Waals surface area contributed by atoms with Gasteiger partial charge in [0.15, 0.2) is 0 Å². The summed E-state index contributed by atoms with van der Waals surface area (Å²) in [6, 6.07) is 10.4. The van der Waals surface area contributed by atoms with Gasteiger partial charge in [0.1, 0.15) is 0 Å². The van der Waals surface area contributed by atoms with Gasteiger partial charge in [-0.15, -0.1) is 0 Å². The van der Waals surface area contributed by atoms with Crippen LogP contribution in [0.3, 0.4) is 0 Å². The van der Waals surface area contributed by atoms with Crippen LogP contribution in [0, 0.1) is 0 Å². The number of benzene rings is 1. The molecule has 0 amide bonds. The molecule has 0 aliphatic heterocycles. The topological polar surface area (TPSA) is 20.2 Å². The van der Waals surface area contributed by atoms with Gasteiger partial charge in [0.05, 0.1) is 6.61 Å². The summed E-state index contributed by atoms with van der Waals surface area (Å²) in [5, 5.41) is 8.73. The molecule has 0 aromatic heterocycles. The maximum Gasteiger partial charge on any atom is 0.0639 e. The van der Waals surface area contributed by atoms with Crippen LogP contribution >= 0.6 is 0 Å². The standard InChI is InChI=1S/C12H16O/c1-11(10-13)6-5-9-12-7-3-2-4-8-12/h2-4,7-8,13H,1,5-6,9-10H2. The lowest BCUT2D eigenvalue weighted by Gasteiger charge is -2.01. The van der Waals surface area contributed by atoms with Gasteiger partial charge in [-0.2, -0.15) is 0 Å². The number of rotatable bonds is 5. The van der Waals surface area contributed by atoms with Crippen molar-refractivity contribution in [3.63, 3.8) is 0 Å². The Kier molecular flexibility index (Phi) is 4.27. The fourth-order valence-electron chi connectivity index (χ4n) is 1.27. The number of aliphatic hydroxyl groups is 1. The van der Waals surface area contributed by atoms with E-state index in [1.54, 1.807) is 0 Å². The second-order valence-corrected chi connectivity index (χ2v) is 3.25. The van der Waals surface area contributed by atoms with Crippen LogP contribution in [0.5, 0.6) is 0 Å². The fraction of sp³-hybridized carbons (Fsp3) is 0.333. The lowest BCUT2D eigenvalue weighted by Crippen LogP contribution is -1.90. The molecular formula is C12H16O. The highest BCUT2D eigenvalue weighted by atomic mass is 16.3. The maximum atomic E-state index is 8.73. The first-order valence-electron chi connectivity index (χ1n) is 4.64. The van der Waals surface area contributed by atoms with Crippen LogP contribution in [0.25, 0.3) is 0 Å². The highest BCUT2D eigenvalue weighted by Crippen LogP contribution is 2.07. The molecule has 0 spiro atoms. The first-order chi connectivity index (χ1) is 6.33. The Morgan fingerprint density at radius 1 is 1.23 bits per heavy atom. The van der Waals surface area contributed by atoms with Gasteiger partial charge < -0.3 is 5.11 Å². The molecule has 1 aromatic carbocycles. The monoisotopic (exact) mass is 176 g/mol. The fourth-order valence-corrected chi connectivity index (χ4v) is 1.27. The van der Waals surface area contributed by atoms with E-state index in [-0.39, 0.29) is 6.61 Å². The Bertz CT molecular complexity index is 251. The van der Waals surface area contributed by atoms with Crippen molar-refractivity contribution in [3.8, 4) is 0 Å². The molecule has 0 aliphatic rings. The molecule has 0 heterocycles. The summed E-state index contributed by atoms with van der Waals surface area (Å²) in [5.41, 5.74) is 2.28. The summed E-state index contributed by atoms with van der Waals surface area (Å²) in [5.74, 6) is 0. The van der Waals surface area contributed by atoms with E-state index in [9.17, 15) is 0 Å². The quantitative estimate of drug-likeness (QED) is 0.684. The first-order valence-corrected chi connectivity index (χ1v) is 4.64. The summed E-state index contributed by atoms with van der Waals surface area (Å²) in [6.07, 6.45) is 3.06. The third-order valence-electron chi connectivity index (χ3n) is 2.06. The van der Waals surface area contributed by atoms with Gasteiger partial charge in [-0.25, -0.2) is 0 Å². The largest absolute Gasteiger partial charge is 0.392 e. The molecule has 1 nitrogen and oxygen atoms in total.